The maximum absolute atomic E-state index is 11.8. The van der Waals surface area contributed by atoms with Crippen molar-refractivity contribution in [2.45, 2.75) is 39.5 Å². The van der Waals surface area contributed by atoms with Crippen molar-refractivity contribution in [3.05, 3.63) is 29.8 Å². The lowest BCUT2D eigenvalue weighted by Gasteiger charge is -2.11. The monoisotopic (exact) mass is 338 g/mol. The van der Waals surface area contributed by atoms with Gasteiger partial charge in [-0.05, 0) is 25.5 Å². The van der Waals surface area contributed by atoms with Crippen LogP contribution in [0.5, 0.6) is 5.75 Å². The minimum atomic E-state index is -0.370. The van der Waals surface area contributed by atoms with Gasteiger partial charge >= 0.3 is 5.97 Å². The average molecular weight is 338 g/mol. The molecule has 1 aromatic rings. The van der Waals surface area contributed by atoms with Gasteiger partial charge in [-0.25, -0.2) is 4.79 Å². The van der Waals surface area contributed by atoms with Gasteiger partial charge in [0.2, 0.25) is 0 Å². The first kappa shape index (κ1) is 20.5. The van der Waals surface area contributed by atoms with Crippen molar-refractivity contribution in [2.24, 2.45) is 0 Å². The summed E-state index contributed by atoms with van der Waals surface area (Å²) < 4.78 is 21.6. The van der Waals surface area contributed by atoms with Gasteiger partial charge in [-0.1, -0.05) is 38.3 Å². The van der Waals surface area contributed by atoms with E-state index in [-0.39, 0.29) is 5.97 Å². The van der Waals surface area contributed by atoms with Crippen molar-refractivity contribution < 1.29 is 23.7 Å². The van der Waals surface area contributed by atoms with Crippen molar-refractivity contribution in [3.8, 4) is 5.75 Å². The van der Waals surface area contributed by atoms with E-state index in [1.807, 2.05) is 6.07 Å². The van der Waals surface area contributed by atoms with Crippen LogP contribution in [0.15, 0.2) is 24.3 Å². The fourth-order valence-corrected chi connectivity index (χ4v) is 2.13. The number of unbranched alkanes of at least 4 members (excludes halogenated alkanes) is 3. The van der Waals surface area contributed by atoms with Crippen molar-refractivity contribution in [3.63, 3.8) is 0 Å². The molecule has 0 bridgehead atoms. The molecule has 0 saturated carbocycles. The zero-order valence-electron chi connectivity index (χ0n) is 14.9. The normalized spacial score (nSPS) is 10.6. The molecule has 5 heteroatoms. The van der Waals surface area contributed by atoms with Gasteiger partial charge in [-0.3, -0.25) is 0 Å². The molecule has 0 spiro atoms. The van der Waals surface area contributed by atoms with E-state index in [9.17, 15) is 4.79 Å². The molecule has 1 aromatic carbocycles. The molecular weight excluding hydrogens is 308 g/mol. The predicted molar refractivity (Wildman–Crippen MR) is 93.7 cm³/mol. The van der Waals surface area contributed by atoms with Crippen LogP contribution in [-0.2, 0) is 14.2 Å². The molecule has 0 radical (unpaired) electrons. The smallest absolute Gasteiger partial charge is 0.341 e. The van der Waals surface area contributed by atoms with Crippen LogP contribution in [0.4, 0.5) is 0 Å². The van der Waals surface area contributed by atoms with Crippen molar-refractivity contribution in [1.82, 2.24) is 0 Å². The fraction of sp³-hybridized carbons (Fsp3) is 0.632. The Kier molecular flexibility index (Phi) is 11.8. The first-order valence-corrected chi connectivity index (χ1v) is 8.84. The zero-order valence-corrected chi connectivity index (χ0v) is 14.9. The number of para-hydroxylation sites is 1. The molecule has 0 N–H and O–H groups in total. The second kappa shape index (κ2) is 13.8. The highest BCUT2D eigenvalue weighted by molar-refractivity contribution is 5.92. The minimum Gasteiger partial charge on any atom is -0.490 e. The highest BCUT2D eigenvalue weighted by atomic mass is 16.5. The van der Waals surface area contributed by atoms with Gasteiger partial charge in [0.25, 0.3) is 0 Å². The zero-order chi connectivity index (χ0) is 17.5. The van der Waals surface area contributed by atoms with Crippen LogP contribution in [0.25, 0.3) is 0 Å². The summed E-state index contributed by atoms with van der Waals surface area (Å²) in [6.07, 6.45) is 4.85. The molecule has 0 heterocycles. The van der Waals surface area contributed by atoms with Crippen LogP contribution in [0.2, 0.25) is 0 Å². The molecule has 1 rings (SSSR count). The standard InChI is InChI=1S/C19H30O5/c1-3-5-6-9-12-21-13-14-22-15-16-24-18-11-8-7-10-17(18)19(20)23-4-2/h7-8,10-11H,3-6,9,12-16H2,1-2H3. The van der Waals surface area contributed by atoms with Gasteiger partial charge in [0.15, 0.2) is 0 Å². The highest BCUT2D eigenvalue weighted by Gasteiger charge is 2.12. The van der Waals surface area contributed by atoms with E-state index >= 15 is 0 Å². The Bertz CT molecular complexity index is 447. The van der Waals surface area contributed by atoms with Gasteiger partial charge < -0.3 is 18.9 Å². The van der Waals surface area contributed by atoms with E-state index in [1.54, 1.807) is 25.1 Å². The fourth-order valence-electron chi connectivity index (χ4n) is 2.13. The molecule has 0 aliphatic rings. The van der Waals surface area contributed by atoms with Crippen LogP contribution in [0, 0.1) is 0 Å². The summed E-state index contributed by atoms with van der Waals surface area (Å²) in [5.74, 6) is 0.150. The average Bonchev–Trinajstić information content (AvgIpc) is 2.60. The number of ether oxygens (including phenoxy) is 4. The Balaban J connectivity index is 2.10. The largest absolute Gasteiger partial charge is 0.490 e. The Morgan fingerprint density at radius 2 is 1.58 bits per heavy atom. The van der Waals surface area contributed by atoms with Crippen molar-refractivity contribution in [1.29, 1.82) is 0 Å². The number of hydrogen-bond donors (Lipinski definition) is 0. The molecular formula is C19H30O5. The van der Waals surface area contributed by atoms with Gasteiger partial charge in [-0.2, -0.15) is 0 Å². The molecule has 0 atom stereocenters. The summed E-state index contributed by atoms with van der Waals surface area (Å²) in [7, 11) is 0. The van der Waals surface area contributed by atoms with Crippen LogP contribution >= 0.6 is 0 Å². The molecule has 136 valence electrons. The summed E-state index contributed by atoms with van der Waals surface area (Å²) >= 11 is 0. The van der Waals surface area contributed by atoms with Crippen LogP contribution in [0.1, 0.15) is 49.9 Å². The Labute approximate surface area is 145 Å². The number of carbonyl (C=O) groups excluding carboxylic acids is 1. The van der Waals surface area contributed by atoms with E-state index in [0.29, 0.717) is 44.3 Å². The molecule has 0 saturated heterocycles. The van der Waals surface area contributed by atoms with Crippen LogP contribution < -0.4 is 4.74 Å². The number of benzene rings is 1. The van der Waals surface area contributed by atoms with Crippen molar-refractivity contribution >= 4 is 5.97 Å². The summed E-state index contributed by atoms with van der Waals surface area (Å²) in [4.78, 5) is 11.8. The summed E-state index contributed by atoms with van der Waals surface area (Å²) in [5.41, 5.74) is 0.440. The van der Waals surface area contributed by atoms with E-state index in [1.165, 1.54) is 19.3 Å². The quantitative estimate of drug-likeness (QED) is 0.381. The molecule has 0 aromatic heterocycles. The second-order valence-electron chi connectivity index (χ2n) is 5.35. The lowest BCUT2D eigenvalue weighted by Crippen LogP contribution is -2.13. The lowest BCUT2D eigenvalue weighted by molar-refractivity contribution is 0.0346. The Hall–Kier alpha value is -1.59. The number of carbonyl (C=O) groups is 1. The van der Waals surface area contributed by atoms with E-state index in [0.717, 1.165) is 13.0 Å². The number of rotatable bonds is 14. The van der Waals surface area contributed by atoms with Crippen LogP contribution in [-0.4, -0.2) is 45.6 Å². The SMILES string of the molecule is CCCCCCOCCOCCOc1ccccc1C(=O)OCC. The molecule has 0 amide bonds. The van der Waals surface area contributed by atoms with Gasteiger partial charge in [-0.15, -0.1) is 0 Å². The second-order valence-corrected chi connectivity index (χ2v) is 5.35. The number of esters is 1. The Morgan fingerprint density at radius 3 is 2.33 bits per heavy atom. The van der Waals surface area contributed by atoms with Gasteiger partial charge in [0.1, 0.15) is 17.9 Å². The Morgan fingerprint density at radius 1 is 0.875 bits per heavy atom. The topological polar surface area (TPSA) is 54.0 Å². The van der Waals surface area contributed by atoms with Crippen LogP contribution in [0.3, 0.4) is 0 Å². The predicted octanol–water partition coefficient (Wildman–Crippen LogP) is 3.86. The summed E-state index contributed by atoms with van der Waals surface area (Å²) in [6, 6.07) is 7.06. The molecule has 0 fully saturated rings. The van der Waals surface area contributed by atoms with Crippen molar-refractivity contribution in [2.75, 3.05) is 39.6 Å². The third-order valence-corrected chi connectivity index (χ3v) is 3.38. The number of hydrogen-bond acceptors (Lipinski definition) is 5. The van der Waals surface area contributed by atoms with E-state index in [2.05, 4.69) is 6.92 Å². The van der Waals surface area contributed by atoms with Gasteiger partial charge in [0.05, 0.1) is 26.4 Å². The molecule has 5 nitrogen and oxygen atoms in total. The lowest BCUT2D eigenvalue weighted by atomic mass is 10.2. The maximum Gasteiger partial charge on any atom is 0.341 e. The molecule has 0 aliphatic heterocycles. The first-order chi connectivity index (χ1) is 11.8. The summed E-state index contributed by atoms with van der Waals surface area (Å²) in [5, 5.41) is 0. The van der Waals surface area contributed by atoms with E-state index < -0.39 is 0 Å². The maximum atomic E-state index is 11.8. The summed E-state index contributed by atoms with van der Waals surface area (Å²) in [6.45, 7) is 7.11. The van der Waals surface area contributed by atoms with Gasteiger partial charge in [0, 0.05) is 6.61 Å². The van der Waals surface area contributed by atoms with E-state index in [4.69, 9.17) is 18.9 Å². The first-order valence-electron chi connectivity index (χ1n) is 8.84. The third-order valence-electron chi connectivity index (χ3n) is 3.38. The third kappa shape index (κ3) is 8.89. The molecule has 24 heavy (non-hydrogen) atoms. The molecule has 0 unspecified atom stereocenters. The highest BCUT2D eigenvalue weighted by Crippen LogP contribution is 2.18. The molecule has 0 aliphatic carbocycles. The minimum absolute atomic E-state index is 0.342.